The highest BCUT2D eigenvalue weighted by atomic mass is 127. The number of pyridine rings is 1. The van der Waals surface area contributed by atoms with Crippen LogP contribution in [0.25, 0.3) is 0 Å². The third-order valence-electron chi connectivity index (χ3n) is 1.66. The molecule has 0 saturated heterocycles. The number of aliphatic hydroxyl groups is 1. The molecule has 0 unspecified atom stereocenters. The summed E-state index contributed by atoms with van der Waals surface area (Å²) in [4.78, 5) is 3.47. The smallest absolute Gasteiger partial charge is 0.404 e. The predicted molar refractivity (Wildman–Crippen MR) is 54.4 cm³/mol. The largest absolute Gasteiger partial charge is 0.573 e. The van der Waals surface area contributed by atoms with Gasteiger partial charge in [0.25, 0.3) is 0 Å². The zero-order chi connectivity index (χ0) is 12.3. The van der Waals surface area contributed by atoms with Crippen molar-refractivity contribution in [3.63, 3.8) is 0 Å². The first-order chi connectivity index (χ1) is 7.39. The molecule has 8 heteroatoms. The molecule has 0 aliphatic heterocycles. The second kappa shape index (κ2) is 5.13. The quantitative estimate of drug-likeness (QED) is 0.673. The number of halogens is 5. The van der Waals surface area contributed by atoms with Crippen molar-refractivity contribution >= 4 is 22.6 Å². The molecule has 0 amide bonds. The first-order valence-electron chi connectivity index (χ1n) is 3.98. The van der Waals surface area contributed by atoms with Gasteiger partial charge in [-0.15, -0.1) is 13.2 Å². The van der Waals surface area contributed by atoms with Gasteiger partial charge in [-0.1, -0.05) is 0 Å². The van der Waals surface area contributed by atoms with Gasteiger partial charge >= 0.3 is 6.36 Å². The lowest BCUT2D eigenvalue weighted by molar-refractivity contribution is -0.275. The van der Waals surface area contributed by atoms with Crippen LogP contribution >= 0.6 is 22.6 Å². The Hall–Kier alpha value is -0.640. The SMILES string of the molecule is OCc1c(OC(F)(F)F)cnc(CF)c1I. The van der Waals surface area contributed by atoms with Gasteiger partial charge in [-0.3, -0.25) is 4.98 Å². The van der Waals surface area contributed by atoms with Crippen molar-refractivity contribution in [2.24, 2.45) is 0 Å². The van der Waals surface area contributed by atoms with E-state index in [9.17, 15) is 17.6 Å². The summed E-state index contributed by atoms with van der Waals surface area (Å²) < 4.78 is 52.0. The average molecular weight is 351 g/mol. The molecule has 0 saturated carbocycles. The molecule has 1 N–H and O–H groups in total. The van der Waals surface area contributed by atoms with Gasteiger partial charge in [0.15, 0.2) is 5.75 Å². The van der Waals surface area contributed by atoms with E-state index < -0.39 is 25.4 Å². The van der Waals surface area contributed by atoms with E-state index in [0.717, 1.165) is 6.20 Å². The normalized spacial score (nSPS) is 11.6. The predicted octanol–water partition coefficient (Wildman–Crippen LogP) is 2.55. The molecule has 0 fully saturated rings. The summed E-state index contributed by atoms with van der Waals surface area (Å²) >= 11 is 1.61. The van der Waals surface area contributed by atoms with E-state index in [1.165, 1.54) is 0 Å². The molecular weight excluding hydrogens is 345 g/mol. The van der Waals surface area contributed by atoms with Gasteiger partial charge in [-0.2, -0.15) is 0 Å². The number of aromatic nitrogens is 1. The number of nitrogens with zero attached hydrogens (tertiary/aromatic N) is 1. The van der Waals surface area contributed by atoms with Crippen LogP contribution in [0.4, 0.5) is 17.6 Å². The molecule has 3 nitrogen and oxygen atoms in total. The maximum Gasteiger partial charge on any atom is 0.573 e. The summed E-state index contributed by atoms with van der Waals surface area (Å²) in [6, 6.07) is 0. The van der Waals surface area contributed by atoms with Crippen LogP contribution in [0, 0.1) is 3.57 Å². The Bertz CT molecular complexity index is 383. The van der Waals surface area contributed by atoms with Gasteiger partial charge in [0.2, 0.25) is 0 Å². The average Bonchev–Trinajstić information content (AvgIpc) is 2.16. The summed E-state index contributed by atoms with van der Waals surface area (Å²) in [5.74, 6) is -0.614. The highest BCUT2D eigenvalue weighted by Gasteiger charge is 2.32. The van der Waals surface area contributed by atoms with E-state index in [-0.39, 0.29) is 14.8 Å². The van der Waals surface area contributed by atoms with Crippen molar-refractivity contribution in [2.75, 3.05) is 0 Å². The third kappa shape index (κ3) is 3.17. The van der Waals surface area contributed by atoms with Gasteiger partial charge in [-0.05, 0) is 22.6 Å². The van der Waals surface area contributed by atoms with Gasteiger partial charge in [0, 0.05) is 9.13 Å². The van der Waals surface area contributed by atoms with Crippen LogP contribution in [0.3, 0.4) is 0 Å². The van der Waals surface area contributed by atoms with Crippen LogP contribution < -0.4 is 4.74 Å². The van der Waals surface area contributed by atoms with Crippen LogP contribution in [0.2, 0.25) is 0 Å². The molecule has 1 rings (SSSR count). The molecule has 0 radical (unpaired) electrons. The van der Waals surface area contributed by atoms with Crippen molar-refractivity contribution in [3.05, 3.63) is 21.0 Å². The second-order valence-electron chi connectivity index (χ2n) is 2.70. The first kappa shape index (κ1) is 13.4. The number of alkyl halides is 4. The van der Waals surface area contributed by atoms with Crippen molar-refractivity contribution in [3.8, 4) is 5.75 Å². The van der Waals surface area contributed by atoms with E-state index in [0.29, 0.717) is 0 Å². The lowest BCUT2D eigenvalue weighted by Crippen LogP contribution is -2.19. The summed E-state index contributed by atoms with van der Waals surface area (Å²) in [5, 5.41) is 8.91. The lowest BCUT2D eigenvalue weighted by atomic mass is 10.2. The fourth-order valence-corrected chi connectivity index (χ4v) is 1.73. The summed E-state index contributed by atoms with van der Waals surface area (Å²) in [6.07, 6.45) is -4.12. The molecule has 0 aromatic carbocycles. The Morgan fingerprint density at radius 1 is 1.44 bits per heavy atom. The number of hydrogen-bond acceptors (Lipinski definition) is 3. The van der Waals surface area contributed by atoms with Crippen molar-refractivity contribution in [1.29, 1.82) is 0 Å². The molecule has 1 aromatic heterocycles. The Labute approximate surface area is 102 Å². The Balaban J connectivity index is 3.16. The molecule has 90 valence electrons. The number of aliphatic hydroxyl groups excluding tert-OH is 1. The van der Waals surface area contributed by atoms with E-state index in [4.69, 9.17) is 5.11 Å². The Kier molecular flexibility index (Phi) is 4.30. The molecule has 0 spiro atoms. The molecule has 0 aliphatic carbocycles. The number of hydrogen-bond donors (Lipinski definition) is 1. The van der Waals surface area contributed by atoms with Crippen LogP contribution in [0.1, 0.15) is 11.3 Å². The van der Waals surface area contributed by atoms with E-state index in [2.05, 4.69) is 9.72 Å². The summed E-state index contributed by atoms with van der Waals surface area (Å²) in [7, 11) is 0. The van der Waals surface area contributed by atoms with Crippen LogP contribution in [-0.2, 0) is 13.3 Å². The molecule has 0 atom stereocenters. The monoisotopic (exact) mass is 351 g/mol. The first-order valence-corrected chi connectivity index (χ1v) is 5.05. The second-order valence-corrected chi connectivity index (χ2v) is 3.78. The van der Waals surface area contributed by atoms with E-state index >= 15 is 0 Å². The Morgan fingerprint density at radius 2 is 2.06 bits per heavy atom. The van der Waals surface area contributed by atoms with Crippen molar-refractivity contribution in [1.82, 2.24) is 4.98 Å². The minimum Gasteiger partial charge on any atom is -0.404 e. The number of ether oxygens (including phenoxy) is 1. The van der Waals surface area contributed by atoms with Crippen LogP contribution in [0.5, 0.6) is 5.75 Å². The van der Waals surface area contributed by atoms with Gasteiger partial charge < -0.3 is 9.84 Å². The van der Waals surface area contributed by atoms with Gasteiger partial charge in [-0.25, -0.2) is 4.39 Å². The summed E-state index contributed by atoms with van der Waals surface area (Å²) in [6.45, 7) is -1.60. The lowest BCUT2D eigenvalue weighted by Gasteiger charge is -2.14. The number of rotatable bonds is 3. The molecule has 1 aromatic rings. The molecule has 0 bridgehead atoms. The molecule has 16 heavy (non-hydrogen) atoms. The standard InChI is InChI=1S/C8H6F4INO2/c9-1-5-7(13)4(3-15)6(2-14-5)16-8(10,11)12/h2,15H,1,3H2. The van der Waals surface area contributed by atoms with Gasteiger partial charge in [0.05, 0.1) is 18.5 Å². The fraction of sp³-hybridized carbons (Fsp3) is 0.375. The van der Waals surface area contributed by atoms with E-state index in [1.54, 1.807) is 22.6 Å². The van der Waals surface area contributed by atoms with E-state index in [1.807, 2.05) is 0 Å². The third-order valence-corrected chi connectivity index (χ3v) is 2.94. The molecule has 0 aliphatic rings. The Morgan fingerprint density at radius 3 is 2.50 bits per heavy atom. The summed E-state index contributed by atoms with van der Waals surface area (Å²) in [5.41, 5.74) is -0.153. The maximum absolute atomic E-state index is 12.4. The zero-order valence-electron chi connectivity index (χ0n) is 7.68. The maximum atomic E-state index is 12.4. The minimum atomic E-state index is -4.87. The zero-order valence-corrected chi connectivity index (χ0v) is 9.84. The minimum absolute atomic E-state index is 0.0285. The van der Waals surface area contributed by atoms with Crippen molar-refractivity contribution in [2.45, 2.75) is 19.6 Å². The molecular formula is C8H6F4INO2. The highest BCUT2D eigenvalue weighted by molar-refractivity contribution is 14.1. The van der Waals surface area contributed by atoms with Gasteiger partial charge in [0.1, 0.15) is 6.67 Å². The fourth-order valence-electron chi connectivity index (χ4n) is 1.01. The highest BCUT2D eigenvalue weighted by Crippen LogP contribution is 2.30. The van der Waals surface area contributed by atoms with Crippen molar-refractivity contribution < 1.29 is 27.4 Å². The van der Waals surface area contributed by atoms with Crippen LogP contribution in [-0.4, -0.2) is 16.5 Å². The topological polar surface area (TPSA) is 42.4 Å². The molecule has 1 heterocycles. The van der Waals surface area contributed by atoms with Crippen LogP contribution in [0.15, 0.2) is 6.20 Å².